The maximum Gasteiger partial charge on any atom is 0.328 e. The molecule has 0 aliphatic rings. The van der Waals surface area contributed by atoms with Gasteiger partial charge in [-0.15, -0.1) is 0 Å². The number of unbranched alkanes of at least 4 members (excludes halogenated alkanes) is 1. The molecule has 9 atom stereocenters. The summed E-state index contributed by atoms with van der Waals surface area (Å²) in [5.41, 5.74) is 10.9. The van der Waals surface area contributed by atoms with Gasteiger partial charge in [0.05, 0.1) is 51.6 Å². The molecule has 55 heavy (non-hydrogen) atoms. The van der Waals surface area contributed by atoms with E-state index in [2.05, 4.69) is 5.32 Å². The largest absolute Gasteiger partial charge is 0.481 e. The topological polar surface area (TPSA) is 452 Å². The van der Waals surface area contributed by atoms with Crippen molar-refractivity contribution < 1.29 is 84.0 Å². The summed E-state index contributed by atoms with van der Waals surface area (Å²) in [6, 6.07) is -14.1. The van der Waals surface area contributed by atoms with Crippen LogP contribution in [0.5, 0.6) is 0 Å². The van der Waals surface area contributed by atoms with Crippen molar-refractivity contribution in [2.75, 3.05) is 39.6 Å². The van der Waals surface area contributed by atoms with Gasteiger partial charge in [-0.3, -0.25) is 38.4 Å². The Labute approximate surface area is 312 Å². The summed E-state index contributed by atoms with van der Waals surface area (Å²) >= 11 is 0. The first-order valence-corrected chi connectivity index (χ1v) is 16.6. The van der Waals surface area contributed by atoms with Gasteiger partial charge in [-0.05, 0) is 32.7 Å². The number of carboxylic acids is 2. The molecule has 0 aliphatic heterocycles. The van der Waals surface area contributed by atoms with Crippen LogP contribution < -0.4 is 48.7 Å². The number of nitrogens with two attached hydrogens (primary N) is 2. The molecule has 0 saturated heterocycles. The highest BCUT2D eigenvalue weighted by atomic mass is 16.4. The molecular formula is C29H51N9O17. The molecule has 0 unspecified atom stereocenters. The van der Waals surface area contributed by atoms with Gasteiger partial charge in [0, 0.05) is 0 Å². The summed E-state index contributed by atoms with van der Waals surface area (Å²) in [5, 5.41) is 90.3. The molecule has 0 aromatic carbocycles. The zero-order valence-corrected chi connectivity index (χ0v) is 29.7. The fraction of sp³-hybridized carbons (Fsp3) is 0.690. The molecule has 0 spiro atoms. The zero-order valence-electron chi connectivity index (χ0n) is 29.7. The third-order valence-electron chi connectivity index (χ3n) is 7.43. The Morgan fingerprint density at radius 3 is 1.22 bits per heavy atom. The number of aliphatic hydroxyl groups excluding tert-OH is 6. The number of hydrogen-bond donors (Lipinski definition) is 17. The first-order valence-electron chi connectivity index (χ1n) is 16.6. The van der Waals surface area contributed by atoms with Crippen LogP contribution in [0.15, 0.2) is 0 Å². The zero-order chi connectivity index (χ0) is 42.4. The third-order valence-corrected chi connectivity index (χ3v) is 7.43. The smallest absolute Gasteiger partial charge is 0.328 e. The minimum Gasteiger partial charge on any atom is -0.481 e. The van der Waals surface area contributed by atoms with Crippen LogP contribution in [0.25, 0.3) is 0 Å². The Morgan fingerprint density at radius 1 is 0.509 bits per heavy atom. The predicted octanol–water partition coefficient (Wildman–Crippen LogP) is -10.3. The highest BCUT2D eigenvalue weighted by Crippen LogP contribution is 2.04. The molecule has 26 heteroatoms. The number of carboxylic acid groups (broad SMARTS) is 2. The maximum absolute atomic E-state index is 13.0. The Balaban J connectivity index is 5.72. The Morgan fingerprint density at radius 2 is 0.855 bits per heavy atom. The van der Waals surface area contributed by atoms with Crippen molar-refractivity contribution in [3.8, 4) is 0 Å². The fourth-order valence-electron chi connectivity index (χ4n) is 4.29. The van der Waals surface area contributed by atoms with Crippen molar-refractivity contribution in [2.45, 2.75) is 87.0 Å². The second-order valence-electron chi connectivity index (χ2n) is 11.8. The van der Waals surface area contributed by atoms with Crippen molar-refractivity contribution >= 4 is 53.3 Å². The van der Waals surface area contributed by atoms with Gasteiger partial charge in [0.1, 0.15) is 42.3 Å². The number of aliphatic carboxylic acids is 2. The van der Waals surface area contributed by atoms with Gasteiger partial charge in [-0.25, -0.2) is 4.79 Å². The monoisotopic (exact) mass is 797 g/mol. The van der Waals surface area contributed by atoms with Gasteiger partial charge in [0.25, 0.3) is 0 Å². The average molecular weight is 798 g/mol. The van der Waals surface area contributed by atoms with E-state index in [0.717, 1.165) is 6.92 Å². The highest BCUT2D eigenvalue weighted by Gasteiger charge is 2.35. The first kappa shape index (κ1) is 49.9. The summed E-state index contributed by atoms with van der Waals surface area (Å²) in [6.45, 7) is -4.22. The van der Waals surface area contributed by atoms with Crippen LogP contribution in [-0.2, 0) is 43.2 Å². The number of nitrogens with one attached hydrogen (secondary N) is 7. The quantitative estimate of drug-likeness (QED) is 0.0343. The van der Waals surface area contributed by atoms with Gasteiger partial charge in [0.2, 0.25) is 41.4 Å². The van der Waals surface area contributed by atoms with Crippen LogP contribution in [-0.4, -0.2) is 188 Å². The maximum atomic E-state index is 13.0. The molecule has 19 N–H and O–H groups in total. The normalized spacial score (nSPS) is 15.9. The van der Waals surface area contributed by atoms with Crippen LogP contribution in [0, 0.1) is 0 Å². The standard InChI is InChI=1S/C29H51N9O17/c1-12(44)21(38-27(52)18(10-42)35-25(50)15(7-39)33-22(47)13(31)6-20(45)46)28(53)36-17(9-41)26(51)34-16(8-40)24(49)32-14(4-2-3-5-30)23(48)37-19(11-43)29(54)55/h12-19,21,39-44H,2-11,30-31H2,1H3,(H,32,49)(H,33,47)(H,34,51)(H,35,50)(H,36,53)(H,37,48)(H,38,52)(H,45,46)(H,54,55)/t12-,13+,14+,15-,16-,17+,18+,19-,21+/m1/s1. The molecule has 0 fully saturated rings. The minimum atomic E-state index is -1.94. The molecular weight excluding hydrogens is 746 g/mol. The van der Waals surface area contributed by atoms with Gasteiger partial charge in [-0.2, -0.15) is 0 Å². The van der Waals surface area contributed by atoms with Crippen molar-refractivity contribution in [3.05, 3.63) is 0 Å². The number of aliphatic hydroxyl groups is 6. The van der Waals surface area contributed by atoms with Gasteiger partial charge >= 0.3 is 11.9 Å². The molecule has 0 aliphatic carbocycles. The van der Waals surface area contributed by atoms with Crippen molar-refractivity contribution in [3.63, 3.8) is 0 Å². The van der Waals surface area contributed by atoms with Gasteiger partial charge < -0.3 is 89.5 Å². The Hall–Kier alpha value is -5.09. The van der Waals surface area contributed by atoms with Crippen molar-refractivity contribution in [1.82, 2.24) is 37.2 Å². The summed E-state index contributed by atoms with van der Waals surface area (Å²) in [4.78, 5) is 111. The van der Waals surface area contributed by atoms with E-state index in [4.69, 9.17) is 21.7 Å². The second kappa shape index (κ2) is 25.8. The molecule has 0 bridgehead atoms. The van der Waals surface area contributed by atoms with Crippen molar-refractivity contribution in [2.24, 2.45) is 11.5 Å². The van der Waals surface area contributed by atoms with Crippen LogP contribution >= 0.6 is 0 Å². The average Bonchev–Trinajstić information content (AvgIpc) is 3.13. The fourth-order valence-corrected chi connectivity index (χ4v) is 4.29. The number of amides is 7. The van der Waals surface area contributed by atoms with Crippen molar-refractivity contribution in [1.29, 1.82) is 0 Å². The lowest BCUT2D eigenvalue weighted by Crippen LogP contribution is -2.63. The molecule has 0 heterocycles. The molecule has 0 aromatic heterocycles. The molecule has 0 saturated carbocycles. The lowest BCUT2D eigenvalue weighted by molar-refractivity contribution is -0.143. The van der Waals surface area contributed by atoms with Gasteiger partial charge in [-0.1, -0.05) is 0 Å². The van der Waals surface area contributed by atoms with E-state index in [1.54, 1.807) is 0 Å². The Kier molecular flexibility index (Phi) is 23.5. The van der Waals surface area contributed by atoms with E-state index in [1.165, 1.54) is 0 Å². The molecule has 0 aromatic rings. The van der Waals surface area contributed by atoms with Crippen LogP contribution in [0.1, 0.15) is 32.6 Å². The third kappa shape index (κ3) is 17.7. The Bertz CT molecular complexity index is 1340. The molecule has 314 valence electrons. The van der Waals surface area contributed by atoms with Gasteiger partial charge in [0.15, 0.2) is 0 Å². The number of rotatable bonds is 27. The van der Waals surface area contributed by atoms with Crippen LogP contribution in [0.3, 0.4) is 0 Å². The summed E-state index contributed by atoms with van der Waals surface area (Å²) in [6.07, 6.45) is -2.00. The van der Waals surface area contributed by atoms with E-state index in [1.807, 2.05) is 31.9 Å². The van der Waals surface area contributed by atoms with E-state index in [0.29, 0.717) is 6.42 Å². The summed E-state index contributed by atoms with van der Waals surface area (Å²) in [5.74, 6) is -11.6. The van der Waals surface area contributed by atoms with Crippen LogP contribution in [0.4, 0.5) is 0 Å². The molecule has 26 nitrogen and oxygen atoms in total. The molecule has 0 rings (SSSR count). The summed E-state index contributed by atoms with van der Waals surface area (Å²) < 4.78 is 0. The highest BCUT2D eigenvalue weighted by molar-refractivity contribution is 5.98. The SMILES string of the molecule is C[C@@H](O)[C@H](NC(=O)[C@H](CO)NC(=O)[C@@H](CO)NC(=O)[C@@H](N)CC(=O)O)C(=O)N[C@@H](CO)C(=O)N[C@H](CO)C(=O)N[C@@H](CCCCN)C(=O)N[C@H](CO)C(=O)O. The van der Waals surface area contributed by atoms with E-state index < -0.39 is 147 Å². The van der Waals surface area contributed by atoms with E-state index in [9.17, 15) is 73.8 Å². The first-order chi connectivity index (χ1) is 25.8. The molecule has 0 radical (unpaired) electrons. The minimum absolute atomic E-state index is 0.0802. The summed E-state index contributed by atoms with van der Waals surface area (Å²) in [7, 11) is 0. The van der Waals surface area contributed by atoms with E-state index in [-0.39, 0.29) is 19.4 Å². The molecule has 7 amide bonds. The predicted molar refractivity (Wildman–Crippen MR) is 181 cm³/mol. The number of carbonyl (C=O) groups excluding carboxylic acids is 7. The van der Waals surface area contributed by atoms with E-state index >= 15 is 0 Å². The number of hydrogen-bond acceptors (Lipinski definition) is 17. The van der Waals surface area contributed by atoms with Crippen LogP contribution in [0.2, 0.25) is 0 Å². The number of carbonyl (C=O) groups is 9. The lowest BCUT2D eigenvalue weighted by atomic mass is 10.1. The second-order valence-corrected chi connectivity index (χ2v) is 11.8. The lowest BCUT2D eigenvalue weighted by Gasteiger charge is -2.27.